The zero-order valence-electron chi connectivity index (χ0n) is 17.7. The van der Waals surface area contributed by atoms with E-state index in [1.807, 2.05) is 42.9 Å². The number of aromatic nitrogens is 5. The number of pyridine rings is 1. The first-order chi connectivity index (χ1) is 14.5. The summed E-state index contributed by atoms with van der Waals surface area (Å²) in [7, 11) is 0. The standard InChI is InChI=1S/C23H26N6O/c1-4-27-7-5-17(6-8-27)20-14-29-21(11-24-20)26-19(10-22(29)30)18-9-15(2)23-25-16(3)12-28(23)13-18/h9-14,17H,4-8H2,1-3H3. The molecule has 0 bridgehead atoms. The number of rotatable bonds is 3. The van der Waals surface area contributed by atoms with Crippen LogP contribution in [0.3, 0.4) is 0 Å². The number of imidazole rings is 1. The van der Waals surface area contributed by atoms with Gasteiger partial charge in [0.15, 0.2) is 5.65 Å². The molecule has 4 aromatic rings. The lowest BCUT2D eigenvalue weighted by Gasteiger charge is -2.30. The predicted molar refractivity (Wildman–Crippen MR) is 117 cm³/mol. The van der Waals surface area contributed by atoms with E-state index in [1.54, 1.807) is 16.7 Å². The number of nitrogens with zero attached hydrogens (tertiary/aromatic N) is 6. The Balaban J connectivity index is 1.53. The Hall–Kier alpha value is -3.06. The van der Waals surface area contributed by atoms with Crippen LogP contribution in [0.1, 0.15) is 42.6 Å². The molecule has 1 fully saturated rings. The van der Waals surface area contributed by atoms with Gasteiger partial charge in [-0.25, -0.2) is 9.97 Å². The van der Waals surface area contributed by atoms with Gasteiger partial charge in [-0.05, 0) is 58.0 Å². The molecular formula is C23H26N6O. The topological polar surface area (TPSA) is 67.8 Å². The minimum absolute atomic E-state index is 0.0794. The van der Waals surface area contributed by atoms with Crippen molar-refractivity contribution in [2.45, 2.75) is 39.5 Å². The summed E-state index contributed by atoms with van der Waals surface area (Å²) in [5.41, 5.74) is 5.97. The highest BCUT2D eigenvalue weighted by molar-refractivity contribution is 5.65. The lowest BCUT2D eigenvalue weighted by Crippen LogP contribution is -2.33. The Morgan fingerprint density at radius 2 is 1.87 bits per heavy atom. The van der Waals surface area contributed by atoms with E-state index in [-0.39, 0.29) is 5.56 Å². The monoisotopic (exact) mass is 402 g/mol. The number of hydrogen-bond donors (Lipinski definition) is 0. The Morgan fingerprint density at radius 1 is 1.07 bits per heavy atom. The van der Waals surface area contributed by atoms with Crippen molar-refractivity contribution in [2.75, 3.05) is 19.6 Å². The molecule has 0 atom stereocenters. The second kappa shape index (κ2) is 7.32. The van der Waals surface area contributed by atoms with Crippen LogP contribution >= 0.6 is 0 Å². The molecule has 7 nitrogen and oxygen atoms in total. The van der Waals surface area contributed by atoms with Crippen LogP contribution in [-0.2, 0) is 0 Å². The summed E-state index contributed by atoms with van der Waals surface area (Å²) >= 11 is 0. The minimum atomic E-state index is -0.0794. The van der Waals surface area contributed by atoms with Gasteiger partial charge in [-0.15, -0.1) is 0 Å². The van der Waals surface area contributed by atoms with E-state index in [4.69, 9.17) is 4.98 Å². The molecule has 4 aromatic heterocycles. The number of hydrogen-bond acceptors (Lipinski definition) is 5. The third kappa shape index (κ3) is 3.29. The number of fused-ring (bicyclic) bond motifs is 2. The molecule has 1 saturated heterocycles. The van der Waals surface area contributed by atoms with Gasteiger partial charge in [-0.3, -0.25) is 14.2 Å². The van der Waals surface area contributed by atoms with Crippen LogP contribution in [0.4, 0.5) is 0 Å². The van der Waals surface area contributed by atoms with Gasteiger partial charge in [-0.1, -0.05) is 6.92 Å². The van der Waals surface area contributed by atoms with Crippen molar-refractivity contribution in [3.05, 3.63) is 64.2 Å². The molecule has 1 aliphatic rings. The average molecular weight is 403 g/mol. The maximum absolute atomic E-state index is 12.9. The van der Waals surface area contributed by atoms with Gasteiger partial charge >= 0.3 is 0 Å². The molecular weight excluding hydrogens is 376 g/mol. The van der Waals surface area contributed by atoms with Crippen molar-refractivity contribution in [1.29, 1.82) is 0 Å². The molecule has 0 amide bonds. The van der Waals surface area contributed by atoms with Crippen LogP contribution in [0.25, 0.3) is 22.6 Å². The van der Waals surface area contributed by atoms with E-state index in [1.165, 1.54) is 0 Å². The van der Waals surface area contributed by atoms with Crippen molar-refractivity contribution in [1.82, 2.24) is 28.7 Å². The van der Waals surface area contributed by atoms with E-state index in [0.717, 1.165) is 60.6 Å². The highest BCUT2D eigenvalue weighted by Gasteiger charge is 2.21. The maximum Gasteiger partial charge on any atom is 0.258 e. The van der Waals surface area contributed by atoms with Gasteiger partial charge in [0, 0.05) is 36.1 Å². The predicted octanol–water partition coefficient (Wildman–Crippen LogP) is 3.22. The smallest absolute Gasteiger partial charge is 0.258 e. The van der Waals surface area contributed by atoms with Crippen LogP contribution in [0, 0.1) is 13.8 Å². The summed E-state index contributed by atoms with van der Waals surface area (Å²) in [5.74, 6) is 0.401. The summed E-state index contributed by atoms with van der Waals surface area (Å²) in [6.07, 6.45) is 9.74. The van der Waals surface area contributed by atoms with Crippen molar-refractivity contribution >= 4 is 11.3 Å². The van der Waals surface area contributed by atoms with Gasteiger partial charge in [0.25, 0.3) is 5.56 Å². The molecule has 1 aliphatic heterocycles. The first-order valence-corrected chi connectivity index (χ1v) is 10.6. The largest absolute Gasteiger partial charge is 0.306 e. The van der Waals surface area contributed by atoms with E-state index in [2.05, 4.69) is 21.8 Å². The SMILES string of the molecule is CCN1CCC(c2cn3c(=O)cc(-c4cc(C)c5nc(C)cn5c4)nc3cn2)CC1. The summed E-state index contributed by atoms with van der Waals surface area (Å²) in [4.78, 5) is 29.3. The van der Waals surface area contributed by atoms with E-state index >= 15 is 0 Å². The summed E-state index contributed by atoms with van der Waals surface area (Å²) in [6.45, 7) is 9.46. The van der Waals surface area contributed by atoms with Crippen molar-refractivity contribution in [3.8, 4) is 11.3 Å². The van der Waals surface area contributed by atoms with Crippen LogP contribution in [0.5, 0.6) is 0 Å². The van der Waals surface area contributed by atoms with Crippen molar-refractivity contribution < 1.29 is 0 Å². The molecule has 0 spiro atoms. The Labute approximate surface area is 175 Å². The van der Waals surface area contributed by atoms with Crippen LogP contribution in [0.2, 0.25) is 0 Å². The Bertz CT molecular complexity index is 1300. The van der Waals surface area contributed by atoms with E-state index in [9.17, 15) is 4.79 Å². The molecule has 0 aromatic carbocycles. The number of likely N-dealkylation sites (tertiary alicyclic amines) is 1. The van der Waals surface area contributed by atoms with Crippen molar-refractivity contribution in [3.63, 3.8) is 0 Å². The molecule has 0 aliphatic carbocycles. The molecule has 0 unspecified atom stereocenters. The van der Waals surface area contributed by atoms with Crippen LogP contribution in [-0.4, -0.2) is 48.3 Å². The average Bonchev–Trinajstić information content (AvgIpc) is 3.14. The maximum atomic E-state index is 12.9. The third-order valence-electron chi connectivity index (χ3n) is 6.17. The fraction of sp³-hybridized carbons (Fsp3) is 0.391. The lowest BCUT2D eigenvalue weighted by molar-refractivity contribution is 0.220. The van der Waals surface area contributed by atoms with E-state index in [0.29, 0.717) is 17.3 Å². The van der Waals surface area contributed by atoms with Crippen molar-refractivity contribution in [2.24, 2.45) is 0 Å². The van der Waals surface area contributed by atoms with E-state index < -0.39 is 0 Å². The third-order valence-corrected chi connectivity index (χ3v) is 6.17. The van der Waals surface area contributed by atoms with Crippen LogP contribution < -0.4 is 5.56 Å². The van der Waals surface area contributed by atoms with Gasteiger partial charge in [0.2, 0.25) is 0 Å². The zero-order chi connectivity index (χ0) is 20.8. The Kier molecular flexibility index (Phi) is 4.62. The zero-order valence-corrected chi connectivity index (χ0v) is 17.7. The molecule has 30 heavy (non-hydrogen) atoms. The second-order valence-corrected chi connectivity index (χ2v) is 8.25. The molecule has 5 rings (SSSR count). The Morgan fingerprint density at radius 3 is 2.63 bits per heavy atom. The summed E-state index contributed by atoms with van der Waals surface area (Å²) < 4.78 is 3.62. The quantitative estimate of drug-likeness (QED) is 0.526. The summed E-state index contributed by atoms with van der Waals surface area (Å²) in [6, 6.07) is 3.64. The van der Waals surface area contributed by atoms with Gasteiger partial charge in [0.1, 0.15) is 5.65 Å². The number of aryl methyl sites for hydroxylation is 2. The van der Waals surface area contributed by atoms with Gasteiger partial charge < -0.3 is 9.30 Å². The molecule has 154 valence electrons. The van der Waals surface area contributed by atoms with Gasteiger partial charge in [-0.2, -0.15) is 0 Å². The highest BCUT2D eigenvalue weighted by atomic mass is 16.1. The fourth-order valence-corrected chi connectivity index (χ4v) is 4.46. The first-order valence-electron chi connectivity index (χ1n) is 10.6. The van der Waals surface area contributed by atoms with Crippen LogP contribution in [0.15, 0.2) is 41.7 Å². The second-order valence-electron chi connectivity index (χ2n) is 8.25. The molecule has 7 heteroatoms. The first kappa shape index (κ1) is 18.9. The molecule has 0 radical (unpaired) electrons. The number of piperidine rings is 1. The molecule has 0 saturated carbocycles. The minimum Gasteiger partial charge on any atom is -0.306 e. The normalized spacial score (nSPS) is 16.0. The highest BCUT2D eigenvalue weighted by Crippen LogP contribution is 2.27. The lowest BCUT2D eigenvalue weighted by atomic mass is 9.94. The molecule has 0 N–H and O–H groups in total. The fourth-order valence-electron chi connectivity index (χ4n) is 4.46. The summed E-state index contributed by atoms with van der Waals surface area (Å²) in [5, 5.41) is 0. The molecule has 5 heterocycles. The van der Waals surface area contributed by atoms with Gasteiger partial charge in [0.05, 0.1) is 23.3 Å².